The topological polar surface area (TPSA) is 69.7 Å². The van der Waals surface area contributed by atoms with Gasteiger partial charge in [0.15, 0.2) is 6.61 Å². The zero-order valence-electron chi connectivity index (χ0n) is 11.8. The van der Waals surface area contributed by atoms with Gasteiger partial charge in [0.2, 0.25) is 5.88 Å². The molecule has 0 bridgehead atoms. The van der Waals surface area contributed by atoms with Gasteiger partial charge in [0.1, 0.15) is 11.5 Å². The van der Waals surface area contributed by atoms with Gasteiger partial charge < -0.3 is 19.5 Å². The third-order valence-electron chi connectivity index (χ3n) is 2.64. The second-order valence-corrected chi connectivity index (χ2v) is 4.11. The first-order chi connectivity index (χ1) is 10.2. The van der Waals surface area contributed by atoms with Crippen molar-refractivity contribution in [2.45, 2.75) is 0 Å². The molecular weight excluding hydrogens is 272 g/mol. The molecule has 2 rings (SSSR count). The first-order valence-corrected chi connectivity index (χ1v) is 6.28. The molecule has 0 fully saturated rings. The van der Waals surface area contributed by atoms with Crippen LogP contribution in [0.2, 0.25) is 0 Å². The Labute approximate surface area is 122 Å². The van der Waals surface area contributed by atoms with Gasteiger partial charge in [-0.1, -0.05) is 6.07 Å². The molecule has 6 nitrogen and oxygen atoms in total. The summed E-state index contributed by atoms with van der Waals surface area (Å²) in [4.78, 5) is 15.8. The second-order valence-electron chi connectivity index (χ2n) is 4.11. The summed E-state index contributed by atoms with van der Waals surface area (Å²) in [5.74, 6) is 1.45. The number of ether oxygens (including phenoxy) is 3. The summed E-state index contributed by atoms with van der Waals surface area (Å²) in [6.07, 6.45) is 1.52. The Morgan fingerprint density at radius 3 is 2.62 bits per heavy atom. The lowest BCUT2D eigenvalue weighted by molar-refractivity contribution is -0.118. The molecule has 21 heavy (non-hydrogen) atoms. The van der Waals surface area contributed by atoms with Crippen molar-refractivity contribution in [1.29, 1.82) is 0 Å². The monoisotopic (exact) mass is 288 g/mol. The van der Waals surface area contributed by atoms with E-state index in [4.69, 9.17) is 14.2 Å². The quantitative estimate of drug-likeness (QED) is 0.881. The van der Waals surface area contributed by atoms with Gasteiger partial charge in [-0.05, 0) is 18.2 Å². The molecule has 110 valence electrons. The number of hydrogen-bond acceptors (Lipinski definition) is 5. The number of hydrogen-bond donors (Lipinski definition) is 1. The maximum absolute atomic E-state index is 11.8. The first kappa shape index (κ1) is 14.6. The average Bonchev–Trinajstić information content (AvgIpc) is 2.54. The number of anilines is 1. The van der Waals surface area contributed by atoms with Crippen LogP contribution in [0.15, 0.2) is 42.6 Å². The lowest BCUT2D eigenvalue weighted by Gasteiger charge is -2.08. The zero-order valence-corrected chi connectivity index (χ0v) is 11.8. The third-order valence-corrected chi connectivity index (χ3v) is 2.64. The SMILES string of the molecule is COc1cccc(OCC(=O)Nc2ccc(OC)nc2)c1. The minimum atomic E-state index is -0.273. The fraction of sp³-hybridized carbons (Fsp3) is 0.200. The highest BCUT2D eigenvalue weighted by Crippen LogP contribution is 2.18. The molecule has 1 amide bonds. The molecule has 1 heterocycles. The zero-order chi connectivity index (χ0) is 15.1. The predicted octanol–water partition coefficient (Wildman–Crippen LogP) is 2.12. The molecule has 0 unspecified atom stereocenters. The number of amides is 1. The van der Waals surface area contributed by atoms with Crippen molar-refractivity contribution in [3.05, 3.63) is 42.6 Å². The molecule has 1 N–H and O–H groups in total. The summed E-state index contributed by atoms with van der Waals surface area (Å²) in [7, 11) is 3.10. The van der Waals surface area contributed by atoms with Crippen LogP contribution in [0.1, 0.15) is 0 Å². The van der Waals surface area contributed by atoms with Crippen LogP contribution in [-0.4, -0.2) is 31.7 Å². The second kappa shape index (κ2) is 7.14. The highest BCUT2D eigenvalue weighted by Gasteiger charge is 2.05. The van der Waals surface area contributed by atoms with Crippen LogP contribution in [0.4, 0.5) is 5.69 Å². The lowest BCUT2D eigenvalue weighted by Crippen LogP contribution is -2.20. The van der Waals surface area contributed by atoms with E-state index in [0.29, 0.717) is 23.1 Å². The Kier molecular flexibility index (Phi) is 4.98. The molecule has 0 saturated carbocycles. The molecule has 0 saturated heterocycles. The van der Waals surface area contributed by atoms with Crippen LogP contribution in [0.5, 0.6) is 17.4 Å². The smallest absolute Gasteiger partial charge is 0.262 e. The van der Waals surface area contributed by atoms with Crippen LogP contribution >= 0.6 is 0 Å². The van der Waals surface area contributed by atoms with Crippen LogP contribution < -0.4 is 19.5 Å². The Balaban J connectivity index is 1.86. The van der Waals surface area contributed by atoms with E-state index in [0.717, 1.165) is 0 Å². The number of rotatable bonds is 6. The largest absolute Gasteiger partial charge is 0.497 e. The number of methoxy groups -OCH3 is 2. The van der Waals surface area contributed by atoms with Gasteiger partial charge in [0, 0.05) is 12.1 Å². The Morgan fingerprint density at radius 1 is 1.14 bits per heavy atom. The molecule has 1 aromatic carbocycles. The Bertz CT molecular complexity index is 599. The molecule has 0 aliphatic heterocycles. The van der Waals surface area contributed by atoms with Crippen molar-refractivity contribution in [1.82, 2.24) is 4.98 Å². The number of pyridine rings is 1. The van der Waals surface area contributed by atoms with Crippen molar-refractivity contribution >= 4 is 11.6 Å². The summed E-state index contributed by atoms with van der Waals surface area (Å²) in [5, 5.41) is 2.68. The van der Waals surface area contributed by atoms with E-state index >= 15 is 0 Å². The molecule has 0 aliphatic rings. The molecular formula is C15H16N2O4. The fourth-order valence-corrected chi connectivity index (χ4v) is 1.61. The molecule has 0 radical (unpaired) electrons. The van der Waals surface area contributed by atoms with E-state index in [1.165, 1.54) is 13.3 Å². The van der Waals surface area contributed by atoms with Crippen molar-refractivity contribution in [3.8, 4) is 17.4 Å². The van der Waals surface area contributed by atoms with Gasteiger partial charge in [-0.25, -0.2) is 4.98 Å². The van der Waals surface area contributed by atoms with Crippen molar-refractivity contribution in [3.63, 3.8) is 0 Å². The molecule has 0 spiro atoms. The van der Waals surface area contributed by atoms with Gasteiger partial charge >= 0.3 is 0 Å². The van der Waals surface area contributed by atoms with Gasteiger partial charge in [-0.15, -0.1) is 0 Å². The summed E-state index contributed by atoms with van der Waals surface area (Å²) in [6.45, 7) is -0.0980. The number of carbonyl (C=O) groups is 1. The van der Waals surface area contributed by atoms with E-state index in [1.54, 1.807) is 43.5 Å². The molecule has 1 aromatic heterocycles. The van der Waals surface area contributed by atoms with E-state index in [9.17, 15) is 4.79 Å². The standard InChI is InChI=1S/C15H16N2O4/c1-19-12-4-3-5-13(8-12)21-10-14(18)17-11-6-7-15(20-2)16-9-11/h3-9H,10H2,1-2H3,(H,17,18). The minimum absolute atomic E-state index is 0.0980. The van der Waals surface area contributed by atoms with Crippen LogP contribution in [0.25, 0.3) is 0 Å². The molecule has 0 aliphatic carbocycles. The van der Waals surface area contributed by atoms with E-state index in [2.05, 4.69) is 10.3 Å². The first-order valence-electron chi connectivity index (χ1n) is 6.28. The summed E-state index contributed by atoms with van der Waals surface area (Å²) in [6, 6.07) is 10.4. The third kappa shape index (κ3) is 4.38. The van der Waals surface area contributed by atoms with Gasteiger partial charge in [-0.2, -0.15) is 0 Å². The van der Waals surface area contributed by atoms with Crippen LogP contribution in [0.3, 0.4) is 0 Å². The highest BCUT2D eigenvalue weighted by atomic mass is 16.5. The fourth-order valence-electron chi connectivity index (χ4n) is 1.61. The van der Waals surface area contributed by atoms with Crippen molar-refractivity contribution in [2.24, 2.45) is 0 Å². The molecule has 6 heteroatoms. The Morgan fingerprint density at radius 2 is 1.95 bits per heavy atom. The van der Waals surface area contributed by atoms with Gasteiger partial charge in [0.05, 0.1) is 26.1 Å². The van der Waals surface area contributed by atoms with Crippen LogP contribution in [0, 0.1) is 0 Å². The predicted molar refractivity (Wildman–Crippen MR) is 77.9 cm³/mol. The number of nitrogens with zero attached hydrogens (tertiary/aromatic N) is 1. The lowest BCUT2D eigenvalue weighted by atomic mass is 10.3. The van der Waals surface area contributed by atoms with E-state index in [-0.39, 0.29) is 12.5 Å². The highest BCUT2D eigenvalue weighted by molar-refractivity contribution is 5.91. The summed E-state index contributed by atoms with van der Waals surface area (Å²) < 4.78 is 15.4. The number of carbonyl (C=O) groups excluding carboxylic acids is 1. The maximum atomic E-state index is 11.8. The number of aromatic nitrogens is 1. The van der Waals surface area contributed by atoms with Crippen molar-refractivity contribution in [2.75, 3.05) is 26.1 Å². The maximum Gasteiger partial charge on any atom is 0.262 e. The number of benzene rings is 1. The van der Waals surface area contributed by atoms with Crippen LogP contribution in [-0.2, 0) is 4.79 Å². The summed E-state index contributed by atoms with van der Waals surface area (Å²) in [5.41, 5.74) is 0.579. The normalized spacial score (nSPS) is 9.81. The summed E-state index contributed by atoms with van der Waals surface area (Å²) >= 11 is 0. The molecule has 2 aromatic rings. The average molecular weight is 288 g/mol. The van der Waals surface area contributed by atoms with E-state index < -0.39 is 0 Å². The van der Waals surface area contributed by atoms with E-state index in [1.807, 2.05) is 0 Å². The van der Waals surface area contributed by atoms with Crippen molar-refractivity contribution < 1.29 is 19.0 Å². The minimum Gasteiger partial charge on any atom is -0.497 e. The molecule has 0 atom stereocenters. The van der Waals surface area contributed by atoms with Gasteiger partial charge in [0.25, 0.3) is 5.91 Å². The Hall–Kier alpha value is -2.76. The number of nitrogens with one attached hydrogen (secondary N) is 1. The van der Waals surface area contributed by atoms with Gasteiger partial charge in [-0.3, -0.25) is 4.79 Å².